The van der Waals surface area contributed by atoms with E-state index in [0.717, 1.165) is 15.3 Å². The molecule has 2 atom stereocenters. The van der Waals surface area contributed by atoms with Gasteiger partial charge in [0.2, 0.25) is 11.9 Å². The predicted molar refractivity (Wildman–Crippen MR) is 124 cm³/mol. The van der Waals surface area contributed by atoms with Crippen LogP contribution < -0.4 is 10.6 Å². The molecule has 0 radical (unpaired) electrons. The summed E-state index contributed by atoms with van der Waals surface area (Å²) in [5, 5.41) is 18.3. The fraction of sp³-hybridized carbons (Fsp3) is 0.500. The van der Waals surface area contributed by atoms with Crippen molar-refractivity contribution in [3.8, 4) is 0 Å². The highest BCUT2D eigenvalue weighted by Crippen LogP contribution is 2.32. The van der Waals surface area contributed by atoms with Crippen LogP contribution in [0.2, 0.25) is 0 Å². The molecule has 0 aliphatic carbocycles. The van der Waals surface area contributed by atoms with Gasteiger partial charge < -0.3 is 15.7 Å². The normalized spacial score (nSPS) is 17.1. The van der Waals surface area contributed by atoms with Gasteiger partial charge in [0.25, 0.3) is 0 Å². The van der Waals surface area contributed by atoms with E-state index >= 15 is 0 Å². The van der Waals surface area contributed by atoms with E-state index in [2.05, 4.69) is 30.6 Å². The first-order valence-corrected chi connectivity index (χ1v) is 11.5. The third-order valence-corrected chi connectivity index (χ3v) is 6.42. The lowest BCUT2D eigenvalue weighted by Crippen LogP contribution is -2.61. The molecule has 170 valence electrons. The number of aliphatic hydroxyl groups excluding tert-OH is 1. The van der Waals surface area contributed by atoms with E-state index in [-0.39, 0.29) is 18.0 Å². The number of rotatable bonds is 6. The number of thiazole rings is 1. The Kier molecular flexibility index (Phi) is 6.11. The minimum Gasteiger partial charge on any atom is -0.372 e. The molecule has 3 aromatic rings. The summed E-state index contributed by atoms with van der Waals surface area (Å²) in [6.07, 6.45) is 2.62. The average Bonchev–Trinajstić information content (AvgIpc) is 3.09. The first-order chi connectivity index (χ1) is 15.1. The van der Waals surface area contributed by atoms with Gasteiger partial charge in [-0.3, -0.25) is 14.7 Å². The fourth-order valence-corrected chi connectivity index (χ4v) is 4.34. The summed E-state index contributed by atoms with van der Waals surface area (Å²) in [4.78, 5) is 32.0. The summed E-state index contributed by atoms with van der Waals surface area (Å²) < 4.78 is 0.775. The van der Waals surface area contributed by atoms with Crippen LogP contribution in [0.5, 0.6) is 0 Å². The third-order valence-electron chi connectivity index (χ3n) is 5.43. The summed E-state index contributed by atoms with van der Waals surface area (Å²) in [5.74, 6) is 0.418. The lowest BCUT2D eigenvalue weighted by atomic mass is 9.94. The number of aryl methyl sites for hydroxylation is 1. The maximum absolute atomic E-state index is 12.2. The van der Waals surface area contributed by atoms with Gasteiger partial charge in [-0.15, -0.1) is 11.3 Å². The van der Waals surface area contributed by atoms with Gasteiger partial charge in [-0.2, -0.15) is 4.98 Å². The van der Waals surface area contributed by atoms with Gasteiger partial charge in [0.05, 0.1) is 21.8 Å². The van der Waals surface area contributed by atoms with Crippen molar-refractivity contribution in [2.24, 2.45) is 5.41 Å². The largest absolute Gasteiger partial charge is 0.372 e. The molecule has 3 aromatic heterocycles. The first-order valence-electron chi connectivity index (χ1n) is 10.7. The molecular formula is C22H29N7O2S. The summed E-state index contributed by atoms with van der Waals surface area (Å²) in [6.45, 7) is 10.7. The van der Waals surface area contributed by atoms with Crippen LogP contribution in [-0.2, 0) is 4.79 Å². The topological polar surface area (TPSA) is 116 Å². The number of aromatic nitrogens is 4. The molecule has 0 bridgehead atoms. The van der Waals surface area contributed by atoms with Crippen molar-refractivity contribution >= 4 is 33.5 Å². The van der Waals surface area contributed by atoms with Gasteiger partial charge in [0, 0.05) is 30.9 Å². The zero-order valence-corrected chi connectivity index (χ0v) is 19.8. The second-order valence-corrected chi connectivity index (χ2v) is 10.4. The van der Waals surface area contributed by atoms with E-state index in [1.165, 1.54) is 11.3 Å². The standard InChI is InChI=1S/C22H29N7O2S/c1-12(14-7-6-8-23-9-14)24-21-27-16(17-18(28-21)25-13(2)32-17)19(30)29-10-15(11-29)26-20(31)22(3,4)5/h6-9,12,15,19,30H,10-11H2,1-5H3,(H,26,31)(H,24,27,28). The van der Waals surface area contributed by atoms with Crippen molar-refractivity contribution in [3.05, 3.63) is 40.8 Å². The zero-order chi connectivity index (χ0) is 23.0. The number of anilines is 1. The molecule has 0 saturated carbocycles. The molecule has 1 amide bonds. The Labute approximate surface area is 191 Å². The molecule has 0 spiro atoms. The Morgan fingerprint density at radius 3 is 2.69 bits per heavy atom. The highest BCUT2D eigenvalue weighted by atomic mass is 32.1. The van der Waals surface area contributed by atoms with Crippen LogP contribution in [0.25, 0.3) is 10.3 Å². The number of amides is 1. The Hall–Kier alpha value is -2.69. The van der Waals surface area contributed by atoms with E-state index in [1.807, 2.05) is 51.7 Å². The minimum atomic E-state index is -0.905. The summed E-state index contributed by atoms with van der Waals surface area (Å²) >= 11 is 1.47. The number of hydrogen-bond acceptors (Lipinski definition) is 9. The maximum atomic E-state index is 12.2. The van der Waals surface area contributed by atoms with E-state index in [9.17, 15) is 9.90 Å². The van der Waals surface area contributed by atoms with Crippen LogP contribution in [0.4, 0.5) is 5.95 Å². The van der Waals surface area contributed by atoms with Gasteiger partial charge in [-0.25, -0.2) is 9.97 Å². The fourth-order valence-electron chi connectivity index (χ4n) is 3.48. The molecule has 0 aromatic carbocycles. The van der Waals surface area contributed by atoms with E-state index < -0.39 is 11.6 Å². The van der Waals surface area contributed by atoms with Crippen LogP contribution >= 0.6 is 11.3 Å². The quantitative estimate of drug-likeness (QED) is 0.520. The van der Waals surface area contributed by atoms with Gasteiger partial charge in [-0.1, -0.05) is 26.8 Å². The van der Waals surface area contributed by atoms with Crippen molar-refractivity contribution in [2.45, 2.75) is 52.9 Å². The number of carbonyl (C=O) groups is 1. The van der Waals surface area contributed by atoms with Crippen molar-refractivity contribution in [3.63, 3.8) is 0 Å². The molecule has 1 aliphatic heterocycles. The number of pyridine rings is 1. The monoisotopic (exact) mass is 455 g/mol. The summed E-state index contributed by atoms with van der Waals surface area (Å²) in [7, 11) is 0. The minimum absolute atomic E-state index is 0.00928. The smallest absolute Gasteiger partial charge is 0.225 e. The number of fused-ring (bicyclic) bond motifs is 1. The van der Waals surface area contributed by atoms with Gasteiger partial charge in [-0.05, 0) is 25.5 Å². The van der Waals surface area contributed by atoms with Crippen LogP contribution in [0.3, 0.4) is 0 Å². The maximum Gasteiger partial charge on any atom is 0.225 e. The zero-order valence-electron chi connectivity index (χ0n) is 19.0. The number of carbonyl (C=O) groups excluding carboxylic acids is 1. The van der Waals surface area contributed by atoms with Crippen LogP contribution in [0.15, 0.2) is 24.5 Å². The molecule has 9 nitrogen and oxygen atoms in total. The molecular weight excluding hydrogens is 426 g/mol. The third kappa shape index (κ3) is 4.72. The molecule has 1 aliphatic rings. The molecule has 1 saturated heterocycles. The van der Waals surface area contributed by atoms with Crippen molar-refractivity contribution in [1.82, 2.24) is 30.2 Å². The van der Waals surface area contributed by atoms with Gasteiger partial charge >= 0.3 is 0 Å². The molecule has 1 fully saturated rings. The number of nitrogens with one attached hydrogen (secondary N) is 2. The lowest BCUT2D eigenvalue weighted by Gasteiger charge is -2.42. The Balaban J connectivity index is 1.52. The Bertz CT molecular complexity index is 1110. The lowest BCUT2D eigenvalue weighted by molar-refractivity contribution is -0.132. The molecule has 2 unspecified atom stereocenters. The second kappa shape index (κ2) is 8.68. The average molecular weight is 456 g/mol. The number of hydrogen-bond donors (Lipinski definition) is 3. The van der Waals surface area contributed by atoms with Crippen molar-refractivity contribution in [1.29, 1.82) is 0 Å². The highest BCUT2D eigenvalue weighted by molar-refractivity contribution is 7.18. The number of aliphatic hydroxyl groups is 1. The van der Waals surface area contributed by atoms with Crippen molar-refractivity contribution in [2.75, 3.05) is 18.4 Å². The highest BCUT2D eigenvalue weighted by Gasteiger charge is 2.36. The first kappa shape index (κ1) is 22.5. The van der Waals surface area contributed by atoms with Crippen LogP contribution in [0.1, 0.15) is 56.2 Å². The predicted octanol–water partition coefficient (Wildman–Crippen LogP) is 2.80. The van der Waals surface area contributed by atoms with Crippen LogP contribution in [0, 0.1) is 12.3 Å². The van der Waals surface area contributed by atoms with E-state index in [4.69, 9.17) is 0 Å². The molecule has 4 heterocycles. The van der Waals surface area contributed by atoms with E-state index in [1.54, 1.807) is 12.4 Å². The molecule has 10 heteroatoms. The van der Waals surface area contributed by atoms with Crippen molar-refractivity contribution < 1.29 is 9.90 Å². The Morgan fingerprint density at radius 1 is 1.28 bits per heavy atom. The van der Waals surface area contributed by atoms with Gasteiger partial charge in [0.15, 0.2) is 11.9 Å². The number of likely N-dealkylation sites (tertiary alicyclic amines) is 1. The SMILES string of the molecule is Cc1nc2nc(NC(C)c3cccnc3)nc(C(O)N3CC(NC(=O)C(C)(C)C)C3)c2s1. The molecule has 32 heavy (non-hydrogen) atoms. The Morgan fingerprint density at radius 2 is 2.03 bits per heavy atom. The second-order valence-electron chi connectivity index (χ2n) is 9.22. The molecule has 3 N–H and O–H groups in total. The summed E-state index contributed by atoms with van der Waals surface area (Å²) in [6, 6.07) is 3.82. The summed E-state index contributed by atoms with van der Waals surface area (Å²) in [5.41, 5.74) is 1.66. The van der Waals surface area contributed by atoms with Crippen LogP contribution in [-0.4, -0.2) is 55.0 Å². The van der Waals surface area contributed by atoms with Gasteiger partial charge in [0.1, 0.15) is 5.69 Å². The number of nitrogens with zero attached hydrogens (tertiary/aromatic N) is 5. The van der Waals surface area contributed by atoms with E-state index in [0.29, 0.717) is 30.4 Å². The molecule has 4 rings (SSSR count).